The van der Waals surface area contributed by atoms with Crippen molar-refractivity contribution >= 4 is 27.1 Å². The third kappa shape index (κ3) is 4.03. The lowest BCUT2D eigenvalue weighted by Gasteiger charge is -2.13. The van der Waals surface area contributed by atoms with Gasteiger partial charge in [-0.25, -0.2) is 0 Å². The normalized spacial score (nSPS) is 12.5. The van der Waals surface area contributed by atoms with Gasteiger partial charge in [0.25, 0.3) is 0 Å². The molecule has 0 heteroatoms. The maximum absolute atomic E-state index is 2.29. The van der Waals surface area contributed by atoms with Crippen LogP contribution in [0.25, 0.3) is 27.1 Å². The molecule has 0 saturated heterocycles. The van der Waals surface area contributed by atoms with Gasteiger partial charge in [0.15, 0.2) is 0 Å². The zero-order chi connectivity index (χ0) is 20.2. The average Bonchev–Trinajstić information content (AvgIpc) is 2.76. The standard InChI is InChI=1S/C29H28/c1-4-23(13-9-10-22-16-18-24(19-17-22)21(2)3)29-27-14-7-5-11-25(27)20-26-12-6-8-15-28(26)29/h4-9,11-21H,10H2,1-3H3/b13-9-,23-4+. The number of hydrogen-bond acceptors (Lipinski definition) is 0. The Morgan fingerprint density at radius 1 is 0.793 bits per heavy atom. The van der Waals surface area contributed by atoms with E-state index in [9.17, 15) is 0 Å². The van der Waals surface area contributed by atoms with E-state index in [-0.39, 0.29) is 0 Å². The smallest absolute Gasteiger partial charge is 0.00302 e. The lowest BCUT2D eigenvalue weighted by atomic mass is 9.91. The fourth-order valence-corrected chi connectivity index (χ4v) is 4.01. The van der Waals surface area contributed by atoms with Crippen LogP contribution in [0.2, 0.25) is 0 Å². The van der Waals surface area contributed by atoms with E-state index in [0.29, 0.717) is 5.92 Å². The second-order valence-corrected chi connectivity index (χ2v) is 7.94. The molecule has 0 aliphatic rings. The van der Waals surface area contributed by atoms with E-state index in [1.165, 1.54) is 43.8 Å². The average molecular weight is 377 g/mol. The van der Waals surface area contributed by atoms with Crippen LogP contribution in [-0.2, 0) is 6.42 Å². The van der Waals surface area contributed by atoms with Crippen molar-refractivity contribution in [3.05, 3.63) is 114 Å². The molecule has 0 unspecified atom stereocenters. The van der Waals surface area contributed by atoms with Crippen LogP contribution in [0.4, 0.5) is 0 Å². The van der Waals surface area contributed by atoms with Crippen LogP contribution >= 0.6 is 0 Å². The summed E-state index contributed by atoms with van der Waals surface area (Å²) in [5.74, 6) is 0.578. The van der Waals surface area contributed by atoms with E-state index in [4.69, 9.17) is 0 Å². The summed E-state index contributed by atoms with van der Waals surface area (Å²) in [6, 6.07) is 28.7. The van der Waals surface area contributed by atoms with Crippen molar-refractivity contribution in [2.75, 3.05) is 0 Å². The van der Waals surface area contributed by atoms with Gasteiger partial charge in [0.05, 0.1) is 0 Å². The Balaban J connectivity index is 1.70. The summed E-state index contributed by atoms with van der Waals surface area (Å²) in [4.78, 5) is 0. The predicted molar refractivity (Wildman–Crippen MR) is 128 cm³/mol. The Bertz CT molecular complexity index is 1130. The maximum atomic E-state index is 2.29. The molecule has 0 N–H and O–H groups in total. The van der Waals surface area contributed by atoms with Crippen molar-refractivity contribution in [2.24, 2.45) is 0 Å². The summed E-state index contributed by atoms with van der Waals surface area (Å²) in [5, 5.41) is 5.20. The highest BCUT2D eigenvalue weighted by molar-refractivity contribution is 6.10. The quantitative estimate of drug-likeness (QED) is 0.243. The molecule has 0 aliphatic carbocycles. The third-order valence-electron chi connectivity index (χ3n) is 5.67. The van der Waals surface area contributed by atoms with Gasteiger partial charge in [-0.3, -0.25) is 0 Å². The highest BCUT2D eigenvalue weighted by Gasteiger charge is 2.09. The van der Waals surface area contributed by atoms with Crippen molar-refractivity contribution in [2.45, 2.75) is 33.1 Å². The molecule has 0 fully saturated rings. The third-order valence-corrected chi connectivity index (χ3v) is 5.67. The van der Waals surface area contributed by atoms with E-state index in [1.807, 2.05) is 0 Å². The highest BCUT2D eigenvalue weighted by Crippen LogP contribution is 2.34. The predicted octanol–water partition coefficient (Wildman–Crippen LogP) is 8.32. The summed E-state index contributed by atoms with van der Waals surface area (Å²) in [7, 11) is 0. The van der Waals surface area contributed by atoms with Gasteiger partial charge in [-0.1, -0.05) is 105 Å². The van der Waals surface area contributed by atoms with Gasteiger partial charge in [-0.15, -0.1) is 0 Å². The van der Waals surface area contributed by atoms with Crippen LogP contribution in [0.15, 0.2) is 97.1 Å². The lowest BCUT2D eigenvalue weighted by molar-refractivity contribution is 0.865. The molecule has 0 radical (unpaired) electrons. The molecule has 0 bridgehead atoms. The summed E-state index contributed by atoms with van der Waals surface area (Å²) in [6.45, 7) is 6.61. The lowest BCUT2D eigenvalue weighted by Crippen LogP contribution is -1.90. The molecule has 0 atom stereocenters. The fraction of sp³-hybridized carbons (Fsp3) is 0.172. The maximum Gasteiger partial charge on any atom is -0.00302 e. The van der Waals surface area contributed by atoms with Crippen molar-refractivity contribution in [3.63, 3.8) is 0 Å². The first-order valence-electron chi connectivity index (χ1n) is 10.5. The van der Waals surface area contributed by atoms with Crippen LogP contribution in [0.3, 0.4) is 0 Å². The zero-order valence-electron chi connectivity index (χ0n) is 17.5. The van der Waals surface area contributed by atoms with Crippen LogP contribution < -0.4 is 0 Å². The molecular weight excluding hydrogens is 348 g/mol. The Morgan fingerprint density at radius 3 is 1.93 bits per heavy atom. The van der Waals surface area contributed by atoms with E-state index in [0.717, 1.165) is 6.42 Å². The minimum Gasteiger partial charge on any atom is -0.0797 e. The van der Waals surface area contributed by atoms with Gasteiger partial charge >= 0.3 is 0 Å². The van der Waals surface area contributed by atoms with Gasteiger partial charge in [0.2, 0.25) is 0 Å². The molecule has 0 heterocycles. The molecular formula is C29H28. The van der Waals surface area contributed by atoms with Crippen molar-refractivity contribution in [1.82, 2.24) is 0 Å². The van der Waals surface area contributed by atoms with Gasteiger partial charge < -0.3 is 0 Å². The van der Waals surface area contributed by atoms with Gasteiger partial charge in [0.1, 0.15) is 0 Å². The largest absolute Gasteiger partial charge is 0.0797 e. The molecule has 0 nitrogen and oxygen atoms in total. The molecule has 4 aromatic carbocycles. The van der Waals surface area contributed by atoms with E-state index in [2.05, 4.69) is 118 Å². The first-order chi connectivity index (χ1) is 14.2. The van der Waals surface area contributed by atoms with Gasteiger partial charge in [-0.2, -0.15) is 0 Å². The molecule has 0 spiro atoms. The molecule has 4 rings (SSSR count). The summed E-state index contributed by atoms with van der Waals surface area (Å²) >= 11 is 0. The summed E-state index contributed by atoms with van der Waals surface area (Å²) in [6.07, 6.45) is 7.74. The number of rotatable bonds is 5. The molecule has 29 heavy (non-hydrogen) atoms. The number of hydrogen-bond donors (Lipinski definition) is 0. The molecule has 0 aromatic heterocycles. The summed E-state index contributed by atoms with van der Waals surface area (Å²) < 4.78 is 0. The topological polar surface area (TPSA) is 0 Å². The Kier molecular flexibility index (Phi) is 5.62. The van der Waals surface area contributed by atoms with Crippen molar-refractivity contribution in [1.29, 1.82) is 0 Å². The Labute approximate surface area is 174 Å². The summed E-state index contributed by atoms with van der Waals surface area (Å²) in [5.41, 5.74) is 5.35. The van der Waals surface area contributed by atoms with Crippen LogP contribution in [0, 0.1) is 0 Å². The van der Waals surface area contributed by atoms with E-state index >= 15 is 0 Å². The van der Waals surface area contributed by atoms with Crippen molar-refractivity contribution in [3.8, 4) is 0 Å². The van der Waals surface area contributed by atoms with Crippen LogP contribution in [0.1, 0.15) is 43.4 Å². The Morgan fingerprint density at radius 2 is 1.38 bits per heavy atom. The second-order valence-electron chi connectivity index (χ2n) is 7.94. The first-order valence-corrected chi connectivity index (χ1v) is 10.5. The minimum absolute atomic E-state index is 0.578. The number of allylic oxidation sites excluding steroid dienone is 4. The van der Waals surface area contributed by atoms with E-state index in [1.54, 1.807) is 0 Å². The monoisotopic (exact) mass is 376 g/mol. The fourth-order valence-electron chi connectivity index (χ4n) is 4.01. The van der Waals surface area contributed by atoms with E-state index < -0.39 is 0 Å². The molecule has 0 aliphatic heterocycles. The zero-order valence-corrected chi connectivity index (χ0v) is 17.5. The van der Waals surface area contributed by atoms with Crippen LogP contribution in [0.5, 0.6) is 0 Å². The SMILES string of the molecule is C/C=C(\C=C/Cc1ccc(C(C)C)cc1)c1c2ccccc2cc2ccccc12. The minimum atomic E-state index is 0.578. The molecule has 0 saturated carbocycles. The highest BCUT2D eigenvalue weighted by atomic mass is 14.1. The number of fused-ring (bicyclic) bond motifs is 2. The van der Waals surface area contributed by atoms with Crippen LogP contribution in [-0.4, -0.2) is 0 Å². The number of benzene rings is 4. The molecule has 0 amide bonds. The Hall–Kier alpha value is -3.12. The van der Waals surface area contributed by atoms with Crippen molar-refractivity contribution < 1.29 is 0 Å². The van der Waals surface area contributed by atoms with Gasteiger partial charge in [-0.05, 0) is 69.1 Å². The molecule has 144 valence electrons. The van der Waals surface area contributed by atoms with Gasteiger partial charge in [0, 0.05) is 0 Å². The second kappa shape index (κ2) is 8.49. The first kappa shape index (κ1) is 19.2. The molecule has 4 aromatic rings.